The second-order valence-corrected chi connectivity index (χ2v) is 10.7. The number of nitrogens with zero attached hydrogens (tertiary/aromatic N) is 1. The Morgan fingerprint density at radius 3 is 1.66 bits per heavy atom. The van der Waals surface area contributed by atoms with E-state index in [1.807, 2.05) is 67.8 Å². The molecule has 0 bridgehead atoms. The molecule has 4 amide bonds. The van der Waals surface area contributed by atoms with Gasteiger partial charge in [0.05, 0.1) is 38.8 Å². The van der Waals surface area contributed by atoms with Gasteiger partial charge in [0.25, 0.3) is 11.8 Å². The van der Waals surface area contributed by atoms with Crippen molar-refractivity contribution in [1.82, 2.24) is 5.06 Å². The van der Waals surface area contributed by atoms with Gasteiger partial charge >= 0.3 is 5.97 Å². The van der Waals surface area contributed by atoms with Crippen molar-refractivity contribution in [3.8, 4) is 0 Å². The largest absolute Gasteiger partial charge is 0.366 e. The highest BCUT2D eigenvalue weighted by Gasteiger charge is 2.37. The fraction of sp³-hybridized carbons (Fsp3) is 0.0870. The fourth-order valence-corrected chi connectivity index (χ4v) is 7.78. The third-order valence-electron chi connectivity index (χ3n) is 5.03. The number of hydrogen-bond donors (Lipinski definition) is 2. The van der Waals surface area contributed by atoms with E-state index in [-0.39, 0.29) is 28.5 Å². The molecule has 178 valence electrons. The van der Waals surface area contributed by atoms with Crippen molar-refractivity contribution in [2.75, 3.05) is 10.6 Å². The summed E-state index contributed by atoms with van der Waals surface area (Å²) in [6.45, 7) is 2.62. The van der Waals surface area contributed by atoms with Gasteiger partial charge in [-0.15, -0.1) is 0 Å². The predicted molar refractivity (Wildman–Crippen MR) is 153 cm³/mol. The smallest absolute Gasteiger partial charge is 0.324 e. The Morgan fingerprint density at radius 2 is 1.23 bits per heavy atom. The molecule has 4 rings (SSSR count). The highest BCUT2D eigenvalue weighted by molar-refractivity contribution is 14.1. The first-order valence-corrected chi connectivity index (χ1v) is 13.1. The molecule has 0 fully saturated rings. The highest BCUT2D eigenvalue weighted by atomic mass is 127. The maximum atomic E-state index is 13.4. The average Bonchev–Trinajstić information content (AvgIpc) is 2.80. The van der Waals surface area contributed by atoms with Crippen LogP contribution in [0.3, 0.4) is 0 Å². The molecule has 9 nitrogen and oxygen atoms in total. The molecular formula is C23H14I3N3O6. The predicted octanol–water partition coefficient (Wildman–Crippen LogP) is 4.94. The molecular weight excluding hydrogens is 795 g/mol. The monoisotopic (exact) mass is 809 g/mol. The van der Waals surface area contributed by atoms with Crippen LogP contribution in [-0.2, 0) is 14.4 Å². The van der Waals surface area contributed by atoms with E-state index in [4.69, 9.17) is 4.84 Å². The van der Waals surface area contributed by atoms with Crippen LogP contribution in [0.1, 0.15) is 44.9 Å². The number of carbonyl (C=O) groups excluding carboxylic acids is 5. The Morgan fingerprint density at radius 1 is 0.771 bits per heavy atom. The van der Waals surface area contributed by atoms with E-state index in [0.717, 1.165) is 0 Å². The molecule has 0 saturated carbocycles. The van der Waals surface area contributed by atoms with Gasteiger partial charge in [-0.05, 0) is 85.3 Å². The zero-order chi connectivity index (χ0) is 25.6. The standard InChI is InChI=1S/C23H14I3N3O6/c1-9(30)27-19-16(24)15(17(25)20(18(19)26)28-10(2)31)23(34)35-29-21(32)12-7-3-5-11-6-4-8-13(14(11)12)22(29)33/h3-8H,1-2H3,(H,27,30)(H,28,31). The van der Waals surface area contributed by atoms with Crippen LogP contribution in [0, 0.1) is 10.7 Å². The van der Waals surface area contributed by atoms with Gasteiger partial charge in [0.1, 0.15) is 0 Å². The maximum Gasteiger partial charge on any atom is 0.366 e. The van der Waals surface area contributed by atoms with Crippen molar-refractivity contribution in [3.63, 3.8) is 0 Å². The Kier molecular flexibility index (Phi) is 7.33. The van der Waals surface area contributed by atoms with E-state index >= 15 is 0 Å². The molecule has 1 heterocycles. The number of benzene rings is 3. The Bertz CT molecular complexity index is 1390. The van der Waals surface area contributed by atoms with Crippen molar-refractivity contribution in [2.24, 2.45) is 0 Å². The van der Waals surface area contributed by atoms with Crippen LogP contribution < -0.4 is 10.6 Å². The number of halogens is 3. The number of imide groups is 1. The van der Waals surface area contributed by atoms with Crippen LogP contribution in [0.5, 0.6) is 0 Å². The minimum absolute atomic E-state index is 0.0169. The SMILES string of the molecule is CC(=O)Nc1c(I)c(NC(C)=O)c(I)c(C(=O)ON2C(=O)c3cccc4cccc(c34)C2=O)c1I. The molecule has 0 aromatic heterocycles. The second-order valence-electron chi connectivity index (χ2n) is 7.42. The summed E-state index contributed by atoms with van der Waals surface area (Å²) in [6, 6.07) is 10.0. The summed E-state index contributed by atoms with van der Waals surface area (Å²) < 4.78 is 1.15. The van der Waals surface area contributed by atoms with Gasteiger partial charge in [-0.3, -0.25) is 19.2 Å². The van der Waals surface area contributed by atoms with Crippen LogP contribution in [0.4, 0.5) is 11.4 Å². The van der Waals surface area contributed by atoms with Gasteiger partial charge < -0.3 is 15.5 Å². The molecule has 35 heavy (non-hydrogen) atoms. The van der Waals surface area contributed by atoms with Crippen molar-refractivity contribution in [1.29, 1.82) is 0 Å². The third-order valence-corrected chi connectivity index (χ3v) is 8.27. The first kappa shape index (κ1) is 25.7. The summed E-state index contributed by atoms with van der Waals surface area (Å²) >= 11 is 5.70. The third kappa shape index (κ3) is 4.62. The highest BCUT2D eigenvalue weighted by Crippen LogP contribution is 2.40. The van der Waals surface area contributed by atoms with Crippen LogP contribution >= 0.6 is 67.8 Å². The summed E-state index contributed by atoms with van der Waals surface area (Å²) in [6.07, 6.45) is 0. The molecule has 3 aromatic carbocycles. The average molecular weight is 809 g/mol. The number of hydroxylamine groups is 2. The Balaban J connectivity index is 1.80. The quantitative estimate of drug-likeness (QED) is 0.285. The summed E-state index contributed by atoms with van der Waals surface area (Å²) in [4.78, 5) is 68.6. The summed E-state index contributed by atoms with van der Waals surface area (Å²) in [7, 11) is 0. The topological polar surface area (TPSA) is 122 Å². The summed E-state index contributed by atoms with van der Waals surface area (Å²) in [5, 5.41) is 6.98. The van der Waals surface area contributed by atoms with Crippen LogP contribution in [0.25, 0.3) is 10.8 Å². The van der Waals surface area contributed by atoms with Gasteiger partial charge in [-0.25, -0.2) is 4.79 Å². The lowest BCUT2D eigenvalue weighted by molar-refractivity contribution is -0.115. The number of rotatable bonds is 4. The molecule has 2 N–H and O–H groups in total. The lowest BCUT2D eigenvalue weighted by atomic mass is 9.95. The van der Waals surface area contributed by atoms with E-state index in [1.54, 1.807) is 36.4 Å². The number of anilines is 2. The first-order valence-electron chi connectivity index (χ1n) is 9.91. The molecule has 3 aromatic rings. The van der Waals surface area contributed by atoms with Crippen molar-refractivity contribution in [3.05, 3.63) is 63.8 Å². The minimum atomic E-state index is -0.998. The molecule has 0 radical (unpaired) electrons. The normalized spacial score (nSPS) is 12.5. The van der Waals surface area contributed by atoms with E-state index in [2.05, 4.69) is 10.6 Å². The van der Waals surface area contributed by atoms with E-state index in [0.29, 0.717) is 37.9 Å². The van der Waals surface area contributed by atoms with Gasteiger partial charge in [-0.1, -0.05) is 29.3 Å². The van der Waals surface area contributed by atoms with Crippen molar-refractivity contribution < 1.29 is 28.8 Å². The zero-order valence-corrected chi connectivity index (χ0v) is 24.5. The van der Waals surface area contributed by atoms with E-state index < -0.39 is 17.8 Å². The molecule has 12 heteroatoms. The van der Waals surface area contributed by atoms with Crippen LogP contribution in [0.15, 0.2) is 36.4 Å². The van der Waals surface area contributed by atoms with Gasteiger partial charge in [0, 0.05) is 19.2 Å². The number of nitrogens with one attached hydrogen (secondary N) is 2. The maximum absolute atomic E-state index is 13.4. The molecule has 0 aliphatic carbocycles. The van der Waals surface area contributed by atoms with E-state index in [9.17, 15) is 24.0 Å². The molecule has 0 unspecified atom stereocenters. The number of hydrogen-bond acceptors (Lipinski definition) is 6. The van der Waals surface area contributed by atoms with E-state index in [1.165, 1.54) is 13.8 Å². The molecule has 0 spiro atoms. The first-order chi connectivity index (χ1) is 16.5. The number of amides is 4. The van der Waals surface area contributed by atoms with Gasteiger partial charge in [0.15, 0.2) is 0 Å². The Labute approximate surface area is 239 Å². The Hall–Kier alpha value is -2.34. The van der Waals surface area contributed by atoms with Gasteiger partial charge in [0.2, 0.25) is 11.8 Å². The molecule has 1 aliphatic rings. The molecule has 0 saturated heterocycles. The van der Waals surface area contributed by atoms with Crippen LogP contribution in [-0.4, -0.2) is 34.7 Å². The van der Waals surface area contributed by atoms with Crippen LogP contribution in [0.2, 0.25) is 0 Å². The van der Waals surface area contributed by atoms with Crippen molar-refractivity contribution in [2.45, 2.75) is 13.8 Å². The lowest BCUT2D eigenvalue weighted by Crippen LogP contribution is -2.42. The van der Waals surface area contributed by atoms with Crippen molar-refractivity contribution >= 4 is 120 Å². The lowest BCUT2D eigenvalue weighted by Gasteiger charge is -2.26. The second kappa shape index (κ2) is 9.96. The summed E-state index contributed by atoms with van der Waals surface area (Å²) in [5.74, 6) is -3.32. The molecule has 1 aliphatic heterocycles. The number of carbonyl (C=O) groups is 5. The molecule has 0 atom stereocenters. The fourth-order valence-electron chi connectivity index (χ4n) is 3.63. The zero-order valence-electron chi connectivity index (χ0n) is 18.0. The van der Waals surface area contributed by atoms with Gasteiger partial charge in [-0.2, -0.15) is 0 Å². The summed E-state index contributed by atoms with van der Waals surface area (Å²) in [5.41, 5.74) is 1.03. The minimum Gasteiger partial charge on any atom is -0.324 e.